The number of hydrogen-bond acceptors (Lipinski definition) is 0. The Hall–Kier alpha value is 0. The van der Waals surface area contributed by atoms with Crippen LogP contribution in [-0.2, 0) is 0 Å². The molecule has 1 saturated carbocycles. The summed E-state index contributed by atoms with van der Waals surface area (Å²) in [5, 5.41) is 0. The molecule has 1 aliphatic rings. The van der Waals surface area contributed by atoms with Gasteiger partial charge in [0.25, 0.3) is 0 Å². The highest BCUT2D eigenvalue weighted by molar-refractivity contribution is 4.70. The zero-order chi connectivity index (χ0) is 17.5. The van der Waals surface area contributed by atoms with Gasteiger partial charge in [-0.05, 0) is 29.6 Å². The summed E-state index contributed by atoms with van der Waals surface area (Å²) in [5.74, 6) is 2.98. The second-order valence-electron chi connectivity index (χ2n) is 8.46. The molecular formula is C21H48. The van der Waals surface area contributed by atoms with Crippen LogP contribution in [-0.4, -0.2) is 0 Å². The Balaban J connectivity index is -0.000000272. The average Bonchev–Trinajstić information content (AvgIpc) is 2.33. The summed E-state index contributed by atoms with van der Waals surface area (Å²) in [7, 11) is 0. The highest BCUT2D eigenvalue weighted by atomic mass is 14.2. The Labute approximate surface area is 138 Å². The normalized spacial score (nSPS) is 21.1. The molecule has 0 bridgehead atoms. The summed E-state index contributed by atoms with van der Waals surface area (Å²) < 4.78 is 0. The van der Waals surface area contributed by atoms with E-state index in [-0.39, 0.29) is 0 Å². The van der Waals surface area contributed by atoms with Crippen LogP contribution in [0.15, 0.2) is 0 Å². The SMILES string of the molecule is CC.CC(C)(C)C.CC(C)CC1CCC(C)CC1.CCC. The van der Waals surface area contributed by atoms with Crippen molar-refractivity contribution in [3.63, 3.8) is 0 Å². The Bertz CT molecular complexity index is 159. The number of hydrogen-bond donors (Lipinski definition) is 0. The van der Waals surface area contributed by atoms with Crippen molar-refractivity contribution in [1.82, 2.24) is 0 Å². The maximum absolute atomic E-state index is 2.39. The van der Waals surface area contributed by atoms with E-state index in [4.69, 9.17) is 0 Å². The first kappa shape index (κ1) is 25.9. The second kappa shape index (κ2) is 16.4. The largest absolute Gasteiger partial charge is 0.0683 e. The van der Waals surface area contributed by atoms with E-state index in [1.54, 1.807) is 0 Å². The minimum atomic E-state index is 0.500. The second-order valence-corrected chi connectivity index (χ2v) is 8.46. The van der Waals surface area contributed by atoms with Crippen molar-refractivity contribution in [3.8, 4) is 0 Å². The molecule has 132 valence electrons. The van der Waals surface area contributed by atoms with Crippen LogP contribution in [0.2, 0.25) is 0 Å². The van der Waals surface area contributed by atoms with E-state index >= 15 is 0 Å². The molecule has 0 radical (unpaired) electrons. The van der Waals surface area contributed by atoms with Crippen molar-refractivity contribution in [1.29, 1.82) is 0 Å². The fourth-order valence-electron chi connectivity index (χ4n) is 2.23. The van der Waals surface area contributed by atoms with Crippen LogP contribution in [0.25, 0.3) is 0 Å². The van der Waals surface area contributed by atoms with Crippen molar-refractivity contribution in [2.45, 2.75) is 115 Å². The lowest BCUT2D eigenvalue weighted by molar-refractivity contribution is 0.256. The van der Waals surface area contributed by atoms with E-state index in [0.29, 0.717) is 5.41 Å². The molecule has 0 heterocycles. The molecule has 0 aromatic carbocycles. The van der Waals surface area contributed by atoms with Gasteiger partial charge in [0.05, 0.1) is 0 Å². The van der Waals surface area contributed by atoms with Gasteiger partial charge in [-0.3, -0.25) is 0 Å². The first-order valence-electron chi connectivity index (χ1n) is 9.60. The van der Waals surface area contributed by atoms with Gasteiger partial charge >= 0.3 is 0 Å². The highest BCUT2D eigenvalue weighted by Gasteiger charge is 2.18. The van der Waals surface area contributed by atoms with Gasteiger partial charge < -0.3 is 0 Å². The molecule has 0 aliphatic heterocycles. The molecule has 0 N–H and O–H groups in total. The fraction of sp³-hybridized carbons (Fsp3) is 1.00. The van der Waals surface area contributed by atoms with Crippen molar-refractivity contribution in [3.05, 3.63) is 0 Å². The van der Waals surface area contributed by atoms with Gasteiger partial charge in [-0.2, -0.15) is 0 Å². The Kier molecular flexibility index (Phi) is 20.2. The van der Waals surface area contributed by atoms with E-state index in [0.717, 1.165) is 17.8 Å². The summed E-state index contributed by atoms with van der Waals surface area (Å²) >= 11 is 0. The molecule has 0 nitrogen and oxygen atoms in total. The molecule has 1 aliphatic carbocycles. The van der Waals surface area contributed by atoms with Crippen molar-refractivity contribution >= 4 is 0 Å². The van der Waals surface area contributed by atoms with Gasteiger partial charge in [0, 0.05) is 0 Å². The quantitative estimate of drug-likeness (QED) is 0.480. The zero-order valence-electron chi connectivity index (χ0n) is 17.5. The van der Waals surface area contributed by atoms with Crippen LogP contribution in [0.3, 0.4) is 0 Å². The van der Waals surface area contributed by atoms with Crippen LogP contribution in [0.5, 0.6) is 0 Å². The van der Waals surface area contributed by atoms with Gasteiger partial charge in [-0.15, -0.1) is 0 Å². The minimum absolute atomic E-state index is 0.500. The molecule has 21 heavy (non-hydrogen) atoms. The zero-order valence-corrected chi connectivity index (χ0v) is 17.5. The van der Waals surface area contributed by atoms with Crippen molar-refractivity contribution < 1.29 is 0 Å². The smallest absolute Gasteiger partial charge is 0.0411 e. The Morgan fingerprint density at radius 2 is 1.14 bits per heavy atom. The summed E-state index contributed by atoms with van der Waals surface area (Å²) in [4.78, 5) is 0. The molecule has 0 unspecified atom stereocenters. The third-order valence-corrected chi connectivity index (χ3v) is 2.94. The first-order valence-corrected chi connectivity index (χ1v) is 9.60. The molecule has 0 atom stereocenters. The minimum Gasteiger partial charge on any atom is -0.0683 e. The van der Waals surface area contributed by atoms with Gasteiger partial charge in [0.15, 0.2) is 0 Å². The molecular weight excluding hydrogens is 252 g/mol. The summed E-state index contributed by atoms with van der Waals surface area (Å²) in [6.07, 6.45) is 8.68. The predicted octanol–water partition coefficient (Wildman–Crippen LogP) is 8.35. The lowest BCUT2D eigenvalue weighted by Crippen LogP contribution is -2.13. The van der Waals surface area contributed by atoms with E-state index in [1.807, 2.05) is 13.8 Å². The standard InChI is InChI=1S/C11H22.C5H12.C3H8.C2H6/c1-9(2)8-11-6-4-10(3)5-7-11;1-5(2,3)4;1-3-2;1-2/h9-11H,4-8H2,1-3H3;1-4H3;3H2,1-2H3;1-2H3. The highest BCUT2D eigenvalue weighted by Crippen LogP contribution is 2.31. The van der Waals surface area contributed by atoms with Crippen LogP contribution >= 0.6 is 0 Å². The third-order valence-electron chi connectivity index (χ3n) is 2.94. The van der Waals surface area contributed by atoms with Crippen LogP contribution in [0.1, 0.15) is 115 Å². The van der Waals surface area contributed by atoms with Crippen LogP contribution < -0.4 is 0 Å². The Morgan fingerprint density at radius 1 is 0.857 bits per heavy atom. The molecule has 1 fully saturated rings. The van der Waals surface area contributed by atoms with Crippen molar-refractivity contribution in [2.75, 3.05) is 0 Å². The van der Waals surface area contributed by atoms with E-state index in [1.165, 1.54) is 38.5 Å². The van der Waals surface area contributed by atoms with Gasteiger partial charge in [-0.25, -0.2) is 0 Å². The molecule has 0 saturated heterocycles. The first-order chi connectivity index (χ1) is 9.60. The third kappa shape index (κ3) is 33.1. The van der Waals surface area contributed by atoms with E-state index in [9.17, 15) is 0 Å². The summed E-state index contributed by atoms with van der Waals surface area (Å²) in [6, 6.07) is 0. The molecule has 0 spiro atoms. The molecule has 0 aromatic heterocycles. The molecule has 0 aromatic rings. The maximum Gasteiger partial charge on any atom is -0.0411 e. The van der Waals surface area contributed by atoms with Gasteiger partial charge in [-0.1, -0.05) is 108 Å². The topological polar surface area (TPSA) is 0 Å². The van der Waals surface area contributed by atoms with E-state index in [2.05, 4.69) is 62.3 Å². The number of rotatable bonds is 2. The average molecular weight is 301 g/mol. The molecule has 1 rings (SSSR count). The monoisotopic (exact) mass is 300 g/mol. The molecule has 0 heteroatoms. The van der Waals surface area contributed by atoms with Crippen LogP contribution in [0.4, 0.5) is 0 Å². The van der Waals surface area contributed by atoms with E-state index < -0.39 is 0 Å². The van der Waals surface area contributed by atoms with Crippen LogP contribution in [0, 0.1) is 23.2 Å². The maximum atomic E-state index is 2.39. The van der Waals surface area contributed by atoms with Gasteiger partial charge in [0.1, 0.15) is 0 Å². The lowest BCUT2D eigenvalue weighted by Gasteiger charge is -2.27. The predicted molar refractivity (Wildman–Crippen MR) is 103 cm³/mol. The van der Waals surface area contributed by atoms with Gasteiger partial charge in [0.2, 0.25) is 0 Å². The van der Waals surface area contributed by atoms with Crippen molar-refractivity contribution in [2.24, 2.45) is 23.2 Å². The lowest BCUT2D eigenvalue weighted by atomic mass is 9.79. The summed E-state index contributed by atoms with van der Waals surface area (Å²) in [6.45, 7) is 24.1. The fourth-order valence-corrected chi connectivity index (χ4v) is 2.23. The summed E-state index contributed by atoms with van der Waals surface area (Å²) in [5.41, 5.74) is 0.500. The molecule has 0 amide bonds. The Morgan fingerprint density at radius 3 is 1.38 bits per heavy atom.